The molecule has 4 fully saturated rings. The second-order valence-electron chi connectivity index (χ2n) is 12.2. The van der Waals surface area contributed by atoms with Gasteiger partial charge in [-0.15, -0.1) is 0 Å². The van der Waals surface area contributed by atoms with E-state index >= 15 is 0 Å². The number of phenolic OH excluding ortho intramolecular Hbond substituents is 1. The van der Waals surface area contributed by atoms with Crippen LogP contribution in [0.5, 0.6) is 23.0 Å². The van der Waals surface area contributed by atoms with Crippen molar-refractivity contribution in [3.8, 4) is 23.0 Å². The first-order valence-electron chi connectivity index (χ1n) is 13.5. The highest BCUT2D eigenvalue weighted by molar-refractivity contribution is 5.84. The highest BCUT2D eigenvalue weighted by atomic mass is 19.4. The largest absolute Gasteiger partial charge is 0.508 e. The number of hydrogen-bond donors (Lipinski definition) is 1. The molecule has 41 heavy (non-hydrogen) atoms. The molecule has 6 nitrogen and oxygen atoms in total. The van der Waals surface area contributed by atoms with Crippen LogP contribution in [-0.4, -0.2) is 35.2 Å². The van der Waals surface area contributed by atoms with Gasteiger partial charge in [0.05, 0.1) is 10.8 Å². The van der Waals surface area contributed by atoms with Crippen LogP contribution in [0.2, 0.25) is 0 Å². The summed E-state index contributed by atoms with van der Waals surface area (Å²) in [6.45, 7) is 3.60. The van der Waals surface area contributed by atoms with E-state index in [2.05, 4.69) is 4.74 Å². The number of hydrogen-bond acceptors (Lipinski definition) is 6. The summed E-state index contributed by atoms with van der Waals surface area (Å²) in [5, 5.41) is 9.84. The SMILES string of the molecule is Cc1cc(Oc2ccc(OC(=O)C34CC5CC(C3)CC(C(=O)OC(C(C)(F)F)C(F)(F)F)(C5)C4)cc2)c(C)cc1O. The molecule has 0 aliphatic heterocycles. The maximum atomic E-state index is 13.8. The van der Waals surface area contributed by atoms with E-state index in [0.29, 0.717) is 36.3 Å². The van der Waals surface area contributed by atoms with Crippen LogP contribution in [0.15, 0.2) is 36.4 Å². The zero-order valence-corrected chi connectivity index (χ0v) is 22.8. The number of benzene rings is 2. The van der Waals surface area contributed by atoms with Crippen LogP contribution in [0.4, 0.5) is 22.0 Å². The zero-order chi connectivity index (χ0) is 30.0. The van der Waals surface area contributed by atoms with Crippen LogP contribution >= 0.6 is 0 Å². The van der Waals surface area contributed by atoms with E-state index in [1.54, 1.807) is 38.1 Å². The standard InChI is InChI=1S/C30H31F5O6/c1-16-9-23(17(2)8-22(16)36)39-20-4-6-21(7-5-20)40-25(37)28-11-18-10-19(12-28)14-29(13-18,15-28)26(38)41-24(27(3,31)32)30(33,34)35/h4-9,18-19,24,36H,10-15H2,1-3H3. The Labute approximate surface area is 233 Å². The van der Waals surface area contributed by atoms with Crippen LogP contribution < -0.4 is 9.47 Å². The highest BCUT2D eigenvalue weighted by Gasteiger charge is 2.66. The van der Waals surface area contributed by atoms with E-state index in [4.69, 9.17) is 9.47 Å². The first-order valence-corrected chi connectivity index (χ1v) is 13.5. The van der Waals surface area contributed by atoms with Gasteiger partial charge in [0.15, 0.2) is 0 Å². The fourth-order valence-corrected chi connectivity index (χ4v) is 7.23. The molecule has 0 spiro atoms. The Morgan fingerprint density at radius 2 is 1.41 bits per heavy atom. The fraction of sp³-hybridized carbons (Fsp3) is 0.533. The number of carbonyl (C=O) groups excluding carboxylic acids is 2. The Balaban J connectivity index is 1.31. The Morgan fingerprint density at radius 3 is 1.95 bits per heavy atom. The number of aromatic hydroxyl groups is 1. The quantitative estimate of drug-likeness (QED) is 0.208. The molecule has 4 saturated carbocycles. The lowest BCUT2D eigenvalue weighted by Crippen LogP contribution is -2.60. The Kier molecular flexibility index (Phi) is 7.02. The first-order chi connectivity index (χ1) is 19.0. The van der Waals surface area contributed by atoms with Crippen LogP contribution in [0.3, 0.4) is 0 Å². The average molecular weight is 583 g/mol. The molecule has 0 aromatic heterocycles. The summed E-state index contributed by atoms with van der Waals surface area (Å²) >= 11 is 0. The van der Waals surface area contributed by atoms with Crippen molar-refractivity contribution in [1.29, 1.82) is 0 Å². The second kappa shape index (κ2) is 9.87. The van der Waals surface area contributed by atoms with Gasteiger partial charge in [-0.05, 0) is 112 Å². The van der Waals surface area contributed by atoms with E-state index in [1.165, 1.54) is 12.1 Å². The third-order valence-corrected chi connectivity index (χ3v) is 8.67. The number of halogens is 5. The van der Waals surface area contributed by atoms with Crippen molar-refractivity contribution < 1.29 is 50.9 Å². The van der Waals surface area contributed by atoms with Gasteiger partial charge in [0, 0.05) is 6.92 Å². The van der Waals surface area contributed by atoms with Crippen molar-refractivity contribution in [2.45, 2.75) is 77.5 Å². The average Bonchev–Trinajstić information content (AvgIpc) is 2.84. The summed E-state index contributed by atoms with van der Waals surface area (Å²) in [5.74, 6) is -5.12. The summed E-state index contributed by atoms with van der Waals surface area (Å²) in [4.78, 5) is 26.7. The van der Waals surface area contributed by atoms with Crippen molar-refractivity contribution in [1.82, 2.24) is 0 Å². The van der Waals surface area contributed by atoms with E-state index in [0.717, 1.165) is 5.56 Å². The van der Waals surface area contributed by atoms with Crippen molar-refractivity contribution in [3.05, 3.63) is 47.5 Å². The van der Waals surface area contributed by atoms with Gasteiger partial charge in [0.1, 0.15) is 23.0 Å². The van der Waals surface area contributed by atoms with Crippen LogP contribution in [0.25, 0.3) is 0 Å². The number of ether oxygens (including phenoxy) is 3. The lowest BCUT2D eigenvalue weighted by Gasteiger charge is -2.59. The molecule has 0 heterocycles. The highest BCUT2D eigenvalue weighted by Crippen LogP contribution is 2.66. The Bertz CT molecular complexity index is 1320. The van der Waals surface area contributed by atoms with Gasteiger partial charge < -0.3 is 19.3 Å². The van der Waals surface area contributed by atoms with Gasteiger partial charge in [-0.25, -0.2) is 8.78 Å². The summed E-state index contributed by atoms with van der Waals surface area (Å²) in [6, 6.07) is 9.57. The second-order valence-corrected chi connectivity index (χ2v) is 12.2. The van der Waals surface area contributed by atoms with Crippen LogP contribution in [0.1, 0.15) is 56.6 Å². The molecular formula is C30H31F5O6. The molecule has 6 rings (SSSR count). The van der Waals surface area contributed by atoms with Gasteiger partial charge in [0.2, 0.25) is 0 Å². The van der Waals surface area contributed by atoms with Crippen molar-refractivity contribution in [3.63, 3.8) is 0 Å². The number of rotatable bonds is 7. The normalized spacial score (nSPS) is 27.8. The molecule has 11 heteroatoms. The molecule has 4 bridgehead atoms. The van der Waals surface area contributed by atoms with Crippen LogP contribution in [0, 0.1) is 36.5 Å². The molecule has 0 saturated heterocycles. The van der Waals surface area contributed by atoms with Gasteiger partial charge in [0.25, 0.3) is 12.0 Å². The first kappa shape index (κ1) is 29.1. The number of carbonyl (C=O) groups is 2. The maximum absolute atomic E-state index is 13.8. The number of aryl methyl sites for hydroxylation is 2. The number of alkyl halides is 5. The molecule has 1 N–H and O–H groups in total. The summed E-state index contributed by atoms with van der Waals surface area (Å²) in [7, 11) is 0. The minimum atomic E-state index is -5.44. The molecule has 222 valence electrons. The predicted octanol–water partition coefficient (Wildman–Crippen LogP) is 7.42. The molecule has 3 unspecified atom stereocenters. The molecule has 3 atom stereocenters. The van der Waals surface area contributed by atoms with Crippen molar-refractivity contribution in [2.24, 2.45) is 22.7 Å². The molecule has 0 radical (unpaired) electrons. The van der Waals surface area contributed by atoms with Gasteiger partial charge in [-0.1, -0.05) is 0 Å². The summed E-state index contributed by atoms with van der Waals surface area (Å²) in [5.41, 5.74) is -1.20. The molecule has 0 amide bonds. The molecule has 2 aromatic carbocycles. The molecular weight excluding hydrogens is 551 g/mol. The van der Waals surface area contributed by atoms with E-state index in [9.17, 15) is 36.6 Å². The maximum Gasteiger partial charge on any atom is 0.431 e. The third kappa shape index (κ3) is 5.59. The third-order valence-electron chi connectivity index (χ3n) is 8.67. The van der Waals surface area contributed by atoms with Gasteiger partial charge in [-0.3, -0.25) is 9.59 Å². The summed E-state index contributed by atoms with van der Waals surface area (Å²) < 4.78 is 83.7. The van der Waals surface area contributed by atoms with Crippen LogP contribution in [-0.2, 0) is 14.3 Å². The van der Waals surface area contributed by atoms with E-state index in [-0.39, 0.29) is 49.5 Å². The fourth-order valence-electron chi connectivity index (χ4n) is 7.23. The molecule has 4 aliphatic rings. The number of phenols is 1. The summed E-state index contributed by atoms with van der Waals surface area (Å²) in [6.07, 6.45) is -7.20. The molecule has 4 aliphatic carbocycles. The van der Waals surface area contributed by atoms with Gasteiger partial charge in [-0.2, -0.15) is 13.2 Å². The van der Waals surface area contributed by atoms with Crippen molar-refractivity contribution >= 4 is 11.9 Å². The minimum absolute atomic E-state index is 0.0696. The minimum Gasteiger partial charge on any atom is -0.508 e. The topological polar surface area (TPSA) is 82.1 Å². The monoisotopic (exact) mass is 582 g/mol. The van der Waals surface area contributed by atoms with E-state index in [1.807, 2.05) is 0 Å². The molecule has 2 aromatic rings. The van der Waals surface area contributed by atoms with Gasteiger partial charge >= 0.3 is 18.1 Å². The lowest BCUT2D eigenvalue weighted by atomic mass is 9.44. The van der Waals surface area contributed by atoms with Crippen molar-refractivity contribution in [2.75, 3.05) is 0 Å². The smallest absolute Gasteiger partial charge is 0.431 e. The zero-order valence-electron chi connectivity index (χ0n) is 22.8. The number of esters is 2. The lowest BCUT2D eigenvalue weighted by molar-refractivity contribution is -0.280. The Hall–Kier alpha value is -3.37. The predicted molar refractivity (Wildman–Crippen MR) is 136 cm³/mol. The Morgan fingerprint density at radius 1 is 0.878 bits per heavy atom. The van der Waals surface area contributed by atoms with E-state index < -0.39 is 41.0 Å².